The lowest BCUT2D eigenvalue weighted by Crippen LogP contribution is -2.27. The van der Waals surface area contributed by atoms with Crippen LogP contribution in [0, 0.1) is 6.33 Å². The van der Waals surface area contributed by atoms with E-state index in [0.717, 1.165) is 0 Å². The van der Waals surface area contributed by atoms with E-state index in [1.54, 1.807) is 38.6 Å². The van der Waals surface area contributed by atoms with E-state index in [1.807, 2.05) is 0 Å². The fourth-order valence-corrected chi connectivity index (χ4v) is 0.842. The first-order valence-corrected chi connectivity index (χ1v) is 4.28. The van der Waals surface area contributed by atoms with Crippen molar-refractivity contribution in [1.82, 2.24) is 9.55 Å². The van der Waals surface area contributed by atoms with Gasteiger partial charge in [-0.2, -0.15) is 0 Å². The molecule has 1 N–H and O–H groups in total. The number of carbonyl (C=O) groups excluding carboxylic acids is 1. The van der Waals surface area contributed by atoms with E-state index in [-0.39, 0.29) is 0 Å². The molecule has 0 aliphatic carbocycles. The molecule has 5 heteroatoms. The van der Waals surface area contributed by atoms with Gasteiger partial charge in [0.15, 0.2) is 12.1 Å². The molecule has 5 nitrogen and oxygen atoms in total. The molecule has 0 saturated carbocycles. The molecule has 0 bridgehead atoms. The highest BCUT2D eigenvalue weighted by molar-refractivity contribution is 5.83. The third kappa shape index (κ3) is 3.47. The van der Waals surface area contributed by atoms with Crippen molar-refractivity contribution >= 4 is 11.9 Å². The molecule has 14 heavy (non-hydrogen) atoms. The number of carbonyl (C=O) groups is 1. The molecular formula is C9H14N3O2. The van der Waals surface area contributed by atoms with Crippen LogP contribution in [0.3, 0.4) is 0 Å². The van der Waals surface area contributed by atoms with Crippen LogP contribution in [-0.4, -0.2) is 21.2 Å². The lowest BCUT2D eigenvalue weighted by atomic mass is 10.2. The van der Waals surface area contributed by atoms with Gasteiger partial charge in [0.05, 0.1) is 0 Å². The van der Waals surface area contributed by atoms with Crippen molar-refractivity contribution in [2.45, 2.75) is 26.4 Å². The van der Waals surface area contributed by atoms with Gasteiger partial charge in [0.2, 0.25) is 0 Å². The summed E-state index contributed by atoms with van der Waals surface area (Å²) >= 11 is 0. The number of aryl methyl sites for hydroxylation is 1. The SMILES string of the molecule is Cn1[c]nc(NC(=O)OC(C)(C)C)c1. The predicted octanol–water partition coefficient (Wildman–Crippen LogP) is 1.57. The Morgan fingerprint density at radius 2 is 2.29 bits per heavy atom. The molecule has 0 aliphatic heterocycles. The van der Waals surface area contributed by atoms with Gasteiger partial charge in [0.25, 0.3) is 0 Å². The Morgan fingerprint density at radius 3 is 2.71 bits per heavy atom. The first-order chi connectivity index (χ1) is 6.37. The van der Waals surface area contributed by atoms with E-state index in [1.165, 1.54) is 0 Å². The Labute approximate surface area is 83.1 Å². The minimum atomic E-state index is -0.510. The Bertz CT molecular complexity index is 325. The number of anilines is 1. The average molecular weight is 196 g/mol. The molecule has 1 rings (SSSR count). The zero-order valence-electron chi connectivity index (χ0n) is 8.79. The van der Waals surface area contributed by atoms with Gasteiger partial charge < -0.3 is 9.30 Å². The third-order valence-corrected chi connectivity index (χ3v) is 1.27. The van der Waals surface area contributed by atoms with E-state index in [2.05, 4.69) is 16.6 Å². The molecule has 0 aliphatic rings. The number of nitrogens with one attached hydrogen (secondary N) is 1. The molecule has 0 spiro atoms. The molecule has 1 aromatic rings. The molecule has 0 atom stereocenters. The van der Waals surface area contributed by atoms with Crippen LogP contribution in [0.5, 0.6) is 0 Å². The van der Waals surface area contributed by atoms with Crippen LogP contribution in [0.2, 0.25) is 0 Å². The van der Waals surface area contributed by atoms with Gasteiger partial charge >= 0.3 is 6.09 Å². The normalized spacial score (nSPS) is 11.1. The minimum Gasteiger partial charge on any atom is -0.444 e. The molecule has 1 aromatic heterocycles. The first kappa shape index (κ1) is 10.6. The Balaban J connectivity index is 2.50. The van der Waals surface area contributed by atoms with E-state index < -0.39 is 11.7 Å². The summed E-state index contributed by atoms with van der Waals surface area (Å²) in [4.78, 5) is 15.1. The van der Waals surface area contributed by atoms with Crippen LogP contribution in [0.15, 0.2) is 6.20 Å². The first-order valence-electron chi connectivity index (χ1n) is 4.28. The fourth-order valence-electron chi connectivity index (χ4n) is 0.842. The topological polar surface area (TPSA) is 56.2 Å². The number of hydrogen-bond donors (Lipinski definition) is 1. The van der Waals surface area contributed by atoms with Gasteiger partial charge in [-0.15, -0.1) is 0 Å². The summed E-state index contributed by atoms with van der Waals surface area (Å²) < 4.78 is 6.66. The van der Waals surface area contributed by atoms with Crippen LogP contribution in [-0.2, 0) is 11.8 Å². The van der Waals surface area contributed by atoms with E-state index >= 15 is 0 Å². The summed E-state index contributed by atoms with van der Waals surface area (Å²) in [5.41, 5.74) is -0.497. The highest BCUT2D eigenvalue weighted by Crippen LogP contribution is 2.09. The highest BCUT2D eigenvalue weighted by Gasteiger charge is 2.16. The van der Waals surface area contributed by atoms with Gasteiger partial charge in [-0.1, -0.05) is 0 Å². The molecular weight excluding hydrogens is 182 g/mol. The van der Waals surface area contributed by atoms with Gasteiger partial charge in [-0.05, 0) is 20.8 Å². The largest absolute Gasteiger partial charge is 0.444 e. The summed E-state index contributed by atoms with van der Waals surface area (Å²) in [6.07, 6.45) is 3.77. The van der Waals surface area contributed by atoms with E-state index in [9.17, 15) is 4.79 Å². The maximum atomic E-state index is 11.2. The summed E-state index contributed by atoms with van der Waals surface area (Å²) in [6, 6.07) is 0. The quantitative estimate of drug-likeness (QED) is 0.741. The lowest BCUT2D eigenvalue weighted by Gasteiger charge is -2.18. The van der Waals surface area contributed by atoms with Gasteiger partial charge in [-0.25, -0.2) is 9.78 Å². The van der Waals surface area contributed by atoms with Crippen LogP contribution >= 0.6 is 0 Å². The minimum absolute atomic E-state index is 0.432. The second-order valence-corrected chi connectivity index (χ2v) is 3.96. The Morgan fingerprint density at radius 1 is 1.64 bits per heavy atom. The predicted molar refractivity (Wildman–Crippen MR) is 51.9 cm³/mol. The van der Waals surface area contributed by atoms with Gasteiger partial charge in [0, 0.05) is 13.2 Å². The number of nitrogens with zero attached hydrogens (tertiary/aromatic N) is 2. The van der Waals surface area contributed by atoms with E-state index in [0.29, 0.717) is 5.82 Å². The van der Waals surface area contributed by atoms with Gasteiger partial charge in [0.1, 0.15) is 5.60 Å². The maximum absolute atomic E-state index is 11.2. The summed E-state index contributed by atoms with van der Waals surface area (Å²) in [5.74, 6) is 0.432. The number of amides is 1. The third-order valence-electron chi connectivity index (χ3n) is 1.27. The number of aromatic nitrogens is 2. The Hall–Kier alpha value is -1.52. The molecule has 0 fully saturated rings. The van der Waals surface area contributed by atoms with E-state index in [4.69, 9.17) is 4.74 Å². The number of ether oxygens (including phenoxy) is 1. The zero-order valence-corrected chi connectivity index (χ0v) is 8.79. The number of hydrogen-bond acceptors (Lipinski definition) is 3. The molecule has 0 saturated heterocycles. The van der Waals surface area contributed by atoms with Crippen molar-refractivity contribution in [2.75, 3.05) is 5.32 Å². The van der Waals surface area contributed by atoms with Crippen LogP contribution in [0.1, 0.15) is 20.8 Å². The Kier molecular flexibility index (Phi) is 2.78. The summed E-state index contributed by atoms with van der Waals surface area (Å²) in [5, 5.41) is 2.49. The molecule has 77 valence electrons. The van der Waals surface area contributed by atoms with Crippen LogP contribution < -0.4 is 5.32 Å². The van der Waals surface area contributed by atoms with Crippen molar-refractivity contribution in [1.29, 1.82) is 0 Å². The smallest absolute Gasteiger partial charge is 0.413 e. The second-order valence-electron chi connectivity index (χ2n) is 3.96. The number of imidazole rings is 1. The van der Waals surface area contributed by atoms with Crippen molar-refractivity contribution < 1.29 is 9.53 Å². The second kappa shape index (κ2) is 3.69. The zero-order chi connectivity index (χ0) is 10.8. The van der Waals surface area contributed by atoms with Crippen LogP contribution in [0.4, 0.5) is 10.6 Å². The van der Waals surface area contributed by atoms with Crippen LogP contribution in [0.25, 0.3) is 0 Å². The average Bonchev–Trinajstić information content (AvgIpc) is 2.30. The maximum Gasteiger partial charge on any atom is 0.413 e. The monoisotopic (exact) mass is 196 g/mol. The van der Waals surface area contributed by atoms with Crippen molar-refractivity contribution in [3.05, 3.63) is 12.5 Å². The molecule has 0 unspecified atom stereocenters. The molecule has 0 aromatic carbocycles. The summed E-state index contributed by atoms with van der Waals surface area (Å²) in [6.45, 7) is 5.41. The van der Waals surface area contributed by atoms with Crippen molar-refractivity contribution in [3.8, 4) is 0 Å². The fraction of sp³-hybridized carbons (Fsp3) is 0.556. The van der Waals surface area contributed by atoms with Gasteiger partial charge in [-0.3, -0.25) is 5.32 Å². The molecule has 1 heterocycles. The van der Waals surface area contributed by atoms with Crippen molar-refractivity contribution in [3.63, 3.8) is 0 Å². The number of rotatable bonds is 1. The lowest BCUT2D eigenvalue weighted by molar-refractivity contribution is 0.0635. The molecule has 1 radical (unpaired) electrons. The van der Waals surface area contributed by atoms with Crippen molar-refractivity contribution in [2.24, 2.45) is 7.05 Å². The highest BCUT2D eigenvalue weighted by atomic mass is 16.6. The summed E-state index contributed by atoms with van der Waals surface area (Å²) in [7, 11) is 1.77. The molecule has 1 amide bonds. The standard InChI is InChI=1S/C9H14N3O2/c1-9(2,3)14-8(13)11-7-5-12(4)6-10-7/h5H,1-4H3,(H,11,13).